The molecule has 0 radical (unpaired) electrons. The highest BCUT2D eigenvalue weighted by atomic mass is 16.5. The van der Waals surface area contributed by atoms with Crippen LogP contribution in [0.5, 0.6) is 11.5 Å². The molecule has 4 nitrogen and oxygen atoms in total. The fraction of sp³-hybridized carbons (Fsp3) is 0.667. The number of phenolic OH excluding ortho intramolecular Hbond substituents is 2. The van der Waals surface area contributed by atoms with Crippen LogP contribution in [0.4, 0.5) is 0 Å². The molecule has 138 valence electrons. The number of aryl methyl sites for hydroxylation is 1. The number of esters is 1. The Labute approximate surface area is 150 Å². The Kier molecular flexibility index (Phi) is 4.29. The SMILES string of the molecule is COC(=O)[C@]1(C)CCC[C@]2(C)c3c(cc(C(C)C)c(O)c3O)CCC12. The third-order valence-electron chi connectivity index (χ3n) is 6.86. The van der Waals surface area contributed by atoms with E-state index in [4.69, 9.17) is 4.74 Å². The molecule has 0 aromatic heterocycles. The number of carbonyl (C=O) groups is 1. The minimum absolute atomic E-state index is 0.000898. The molecule has 2 aliphatic rings. The van der Waals surface area contributed by atoms with Crippen molar-refractivity contribution in [2.75, 3.05) is 7.11 Å². The zero-order valence-electron chi connectivity index (χ0n) is 16.0. The number of carbonyl (C=O) groups excluding carboxylic acids is 1. The number of methoxy groups -OCH3 is 1. The molecule has 25 heavy (non-hydrogen) atoms. The van der Waals surface area contributed by atoms with Gasteiger partial charge in [0.2, 0.25) is 0 Å². The summed E-state index contributed by atoms with van der Waals surface area (Å²) in [4.78, 5) is 12.6. The lowest BCUT2D eigenvalue weighted by Crippen LogP contribution is -2.52. The van der Waals surface area contributed by atoms with Crippen LogP contribution in [0.3, 0.4) is 0 Å². The van der Waals surface area contributed by atoms with Gasteiger partial charge in [0, 0.05) is 16.5 Å². The summed E-state index contributed by atoms with van der Waals surface area (Å²) in [5.41, 5.74) is 1.89. The smallest absolute Gasteiger partial charge is 0.311 e. The second-order valence-electron chi connectivity index (χ2n) is 8.62. The third-order valence-corrected chi connectivity index (χ3v) is 6.86. The van der Waals surface area contributed by atoms with Crippen molar-refractivity contribution in [1.29, 1.82) is 0 Å². The lowest BCUT2D eigenvalue weighted by molar-refractivity contribution is -0.161. The van der Waals surface area contributed by atoms with E-state index in [1.165, 1.54) is 7.11 Å². The second kappa shape index (κ2) is 5.93. The number of fused-ring (bicyclic) bond motifs is 3. The first-order valence-electron chi connectivity index (χ1n) is 9.33. The van der Waals surface area contributed by atoms with Crippen LogP contribution in [-0.4, -0.2) is 23.3 Å². The zero-order chi connectivity index (χ0) is 18.6. The van der Waals surface area contributed by atoms with Gasteiger partial charge in [-0.1, -0.05) is 33.3 Å². The normalized spacial score (nSPS) is 31.4. The van der Waals surface area contributed by atoms with Gasteiger partial charge in [-0.15, -0.1) is 0 Å². The standard InChI is InChI=1S/C21H30O4/c1-12(2)14-11-13-7-8-15-20(3,16(13)18(23)17(14)22)9-6-10-21(15,4)19(24)25-5/h11-12,15,22-23H,6-10H2,1-5H3/t15?,20-,21+/m0/s1. The van der Waals surface area contributed by atoms with Gasteiger partial charge < -0.3 is 14.9 Å². The van der Waals surface area contributed by atoms with Crippen molar-refractivity contribution in [1.82, 2.24) is 0 Å². The van der Waals surface area contributed by atoms with E-state index in [0.717, 1.165) is 48.8 Å². The third kappa shape index (κ3) is 2.44. The summed E-state index contributed by atoms with van der Waals surface area (Å²) in [7, 11) is 1.45. The molecule has 2 aliphatic carbocycles. The van der Waals surface area contributed by atoms with Gasteiger partial charge in [-0.2, -0.15) is 0 Å². The maximum atomic E-state index is 12.6. The van der Waals surface area contributed by atoms with E-state index in [9.17, 15) is 15.0 Å². The molecule has 0 heterocycles. The van der Waals surface area contributed by atoms with E-state index in [1.54, 1.807) is 0 Å². The zero-order valence-corrected chi connectivity index (χ0v) is 16.0. The highest BCUT2D eigenvalue weighted by Crippen LogP contribution is 2.60. The summed E-state index contributed by atoms with van der Waals surface area (Å²) >= 11 is 0. The summed E-state index contributed by atoms with van der Waals surface area (Å²) in [5, 5.41) is 21.4. The minimum atomic E-state index is -0.543. The van der Waals surface area contributed by atoms with Crippen molar-refractivity contribution in [2.45, 2.75) is 71.1 Å². The largest absolute Gasteiger partial charge is 0.504 e. The maximum Gasteiger partial charge on any atom is 0.311 e. The van der Waals surface area contributed by atoms with Gasteiger partial charge >= 0.3 is 5.97 Å². The summed E-state index contributed by atoms with van der Waals surface area (Å²) in [6, 6.07) is 2.06. The molecule has 3 atom stereocenters. The monoisotopic (exact) mass is 346 g/mol. The maximum absolute atomic E-state index is 12.6. The van der Waals surface area contributed by atoms with Crippen LogP contribution >= 0.6 is 0 Å². The minimum Gasteiger partial charge on any atom is -0.504 e. The highest BCUT2D eigenvalue weighted by molar-refractivity contribution is 5.77. The molecule has 1 saturated carbocycles. The first-order chi connectivity index (χ1) is 11.7. The van der Waals surface area contributed by atoms with Crippen molar-refractivity contribution >= 4 is 5.97 Å². The van der Waals surface area contributed by atoms with Crippen LogP contribution in [0.1, 0.15) is 76.0 Å². The first kappa shape index (κ1) is 18.1. The Morgan fingerprint density at radius 1 is 1.24 bits per heavy atom. The van der Waals surface area contributed by atoms with Gasteiger partial charge in [0.05, 0.1) is 12.5 Å². The topological polar surface area (TPSA) is 66.8 Å². The molecule has 0 amide bonds. The van der Waals surface area contributed by atoms with Gasteiger partial charge in [0.25, 0.3) is 0 Å². The van der Waals surface area contributed by atoms with Crippen LogP contribution < -0.4 is 0 Å². The van der Waals surface area contributed by atoms with Gasteiger partial charge in [0.1, 0.15) is 0 Å². The van der Waals surface area contributed by atoms with Crippen molar-refractivity contribution < 1.29 is 19.7 Å². The number of phenols is 2. The van der Waals surface area contributed by atoms with Crippen LogP contribution in [-0.2, 0) is 21.4 Å². The first-order valence-corrected chi connectivity index (χ1v) is 9.33. The predicted molar refractivity (Wildman–Crippen MR) is 97.0 cm³/mol. The number of hydrogen-bond acceptors (Lipinski definition) is 4. The predicted octanol–water partition coefficient (Wildman–Crippen LogP) is 4.40. The summed E-state index contributed by atoms with van der Waals surface area (Å²) in [6.07, 6.45) is 4.34. The Bertz CT molecular complexity index is 708. The van der Waals surface area contributed by atoms with Crippen LogP contribution in [0.15, 0.2) is 6.07 Å². The Morgan fingerprint density at radius 3 is 2.52 bits per heavy atom. The van der Waals surface area contributed by atoms with E-state index in [-0.39, 0.29) is 34.7 Å². The van der Waals surface area contributed by atoms with Crippen LogP contribution in [0.2, 0.25) is 0 Å². The van der Waals surface area contributed by atoms with Crippen LogP contribution in [0, 0.1) is 11.3 Å². The van der Waals surface area contributed by atoms with E-state index < -0.39 is 5.41 Å². The summed E-state index contributed by atoms with van der Waals surface area (Å²) < 4.78 is 5.13. The molecule has 3 rings (SSSR count). The lowest BCUT2D eigenvalue weighted by Gasteiger charge is -2.54. The molecule has 1 unspecified atom stereocenters. The van der Waals surface area contributed by atoms with E-state index in [0.29, 0.717) is 0 Å². The molecule has 2 N–H and O–H groups in total. The van der Waals surface area contributed by atoms with Gasteiger partial charge in [0.15, 0.2) is 11.5 Å². The Hall–Kier alpha value is -1.71. The summed E-state index contributed by atoms with van der Waals surface area (Å²) in [6.45, 7) is 8.18. The number of benzene rings is 1. The fourth-order valence-electron chi connectivity index (χ4n) is 5.60. The fourth-order valence-corrected chi connectivity index (χ4v) is 5.60. The van der Waals surface area contributed by atoms with E-state index in [2.05, 4.69) is 13.0 Å². The number of ether oxygens (including phenoxy) is 1. The highest BCUT2D eigenvalue weighted by Gasteiger charge is 2.56. The molecule has 4 heteroatoms. The number of hydrogen-bond donors (Lipinski definition) is 2. The molecule has 1 aromatic carbocycles. The lowest BCUT2D eigenvalue weighted by atomic mass is 9.49. The Morgan fingerprint density at radius 2 is 1.92 bits per heavy atom. The van der Waals surface area contributed by atoms with Crippen molar-refractivity contribution in [2.24, 2.45) is 11.3 Å². The number of rotatable bonds is 2. The molecule has 0 aliphatic heterocycles. The summed E-state index contributed by atoms with van der Waals surface area (Å²) in [5.74, 6) is 0.107. The van der Waals surface area contributed by atoms with Crippen molar-refractivity contribution in [3.8, 4) is 11.5 Å². The molecule has 0 bridgehead atoms. The van der Waals surface area contributed by atoms with Crippen molar-refractivity contribution in [3.05, 3.63) is 22.8 Å². The van der Waals surface area contributed by atoms with Gasteiger partial charge in [-0.05, 0) is 50.0 Å². The molecule has 1 aromatic rings. The van der Waals surface area contributed by atoms with Gasteiger partial charge in [-0.3, -0.25) is 4.79 Å². The van der Waals surface area contributed by atoms with E-state index >= 15 is 0 Å². The molecule has 0 saturated heterocycles. The molecule has 1 fully saturated rings. The quantitative estimate of drug-likeness (QED) is 0.615. The van der Waals surface area contributed by atoms with E-state index in [1.807, 2.05) is 20.8 Å². The molecular weight excluding hydrogens is 316 g/mol. The number of aromatic hydroxyl groups is 2. The Balaban J connectivity index is 2.18. The van der Waals surface area contributed by atoms with Crippen molar-refractivity contribution in [3.63, 3.8) is 0 Å². The average Bonchev–Trinajstić information content (AvgIpc) is 2.56. The molecular formula is C21H30O4. The van der Waals surface area contributed by atoms with Crippen LogP contribution in [0.25, 0.3) is 0 Å². The average molecular weight is 346 g/mol. The van der Waals surface area contributed by atoms with Gasteiger partial charge in [-0.25, -0.2) is 0 Å². The molecule has 0 spiro atoms. The second-order valence-corrected chi connectivity index (χ2v) is 8.62.